The van der Waals surface area contributed by atoms with Gasteiger partial charge in [-0.3, -0.25) is 4.79 Å². The molecule has 0 aliphatic rings. The van der Waals surface area contributed by atoms with Gasteiger partial charge in [-0.2, -0.15) is 0 Å². The topological polar surface area (TPSA) is 67.0 Å². The number of benzene rings is 1. The zero-order chi connectivity index (χ0) is 14.4. The number of hydrogen-bond acceptors (Lipinski definition) is 4. The van der Waals surface area contributed by atoms with E-state index in [2.05, 4.69) is 31.2 Å². The van der Waals surface area contributed by atoms with Crippen molar-refractivity contribution in [3.05, 3.63) is 56.5 Å². The van der Waals surface area contributed by atoms with Crippen molar-refractivity contribution < 1.29 is 4.74 Å². The molecule has 0 amide bonds. The third kappa shape index (κ3) is 3.68. The first-order chi connectivity index (χ1) is 9.72. The van der Waals surface area contributed by atoms with Crippen molar-refractivity contribution in [2.75, 3.05) is 11.9 Å². The maximum atomic E-state index is 11.5. The van der Waals surface area contributed by atoms with Crippen LogP contribution in [0.3, 0.4) is 0 Å². The maximum Gasteiger partial charge on any atom is 0.267 e. The van der Waals surface area contributed by atoms with Crippen molar-refractivity contribution in [1.29, 1.82) is 0 Å². The number of aromatic nitrogens is 2. The molecule has 1 heterocycles. The number of aromatic amines is 1. The fraction of sp³-hybridized carbons (Fsp3) is 0.286. The van der Waals surface area contributed by atoms with Gasteiger partial charge in [-0.1, -0.05) is 24.3 Å². The summed E-state index contributed by atoms with van der Waals surface area (Å²) in [5.41, 5.74) is 2.04. The van der Waals surface area contributed by atoms with Crippen molar-refractivity contribution in [3.63, 3.8) is 0 Å². The summed E-state index contributed by atoms with van der Waals surface area (Å²) in [5, 5.41) is 3.15. The summed E-state index contributed by atoms with van der Waals surface area (Å²) in [6.45, 7) is 3.82. The highest BCUT2D eigenvalue weighted by Gasteiger charge is 2.06. The Morgan fingerprint density at radius 2 is 2.10 bits per heavy atom. The van der Waals surface area contributed by atoms with Crippen LogP contribution in [0.1, 0.15) is 18.1 Å². The molecule has 106 valence electrons. The first-order valence-corrected chi connectivity index (χ1v) is 7.13. The lowest BCUT2D eigenvalue weighted by Gasteiger charge is -2.11. The molecule has 2 rings (SSSR count). The van der Waals surface area contributed by atoms with Crippen LogP contribution >= 0.6 is 15.9 Å². The van der Waals surface area contributed by atoms with E-state index in [0.717, 1.165) is 11.1 Å². The van der Waals surface area contributed by atoms with E-state index in [1.807, 2.05) is 31.2 Å². The summed E-state index contributed by atoms with van der Waals surface area (Å²) in [6, 6.07) is 8.03. The molecule has 0 aliphatic carbocycles. The summed E-state index contributed by atoms with van der Waals surface area (Å²) in [4.78, 5) is 18.1. The highest BCUT2D eigenvalue weighted by molar-refractivity contribution is 9.10. The Bertz CT molecular complexity index is 628. The number of halogens is 1. The van der Waals surface area contributed by atoms with Gasteiger partial charge in [0.05, 0.1) is 12.9 Å². The second-order valence-corrected chi connectivity index (χ2v) is 4.95. The number of anilines is 1. The molecule has 0 saturated carbocycles. The van der Waals surface area contributed by atoms with E-state index < -0.39 is 0 Å². The molecule has 2 N–H and O–H groups in total. The molecule has 0 spiro atoms. The third-order valence-corrected chi connectivity index (χ3v) is 3.56. The minimum absolute atomic E-state index is 0.204. The van der Waals surface area contributed by atoms with Crippen LogP contribution in [0.25, 0.3) is 0 Å². The van der Waals surface area contributed by atoms with E-state index >= 15 is 0 Å². The zero-order valence-corrected chi connectivity index (χ0v) is 12.7. The number of nitrogens with one attached hydrogen (secondary N) is 2. The van der Waals surface area contributed by atoms with Crippen LogP contribution in [-0.4, -0.2) is 16.6 Å². The second-order valence-electron chi connectivity index (χ2n) is 4.15. The molecule has 1 aromatic carbocycles. The van der Waals surface area contributed by atoms with Gasteiger partial charge in [0.15, 0.2) is 0 Å². The molecule has 0 fully saturated rings. The molecule has 0 aliphatic heterocycles. The molecule has 6 heteroatoms. The number of H-pyrrole nitrogens is 1. The Morgan fingerprint density at radius 1 is 1.35 bits per heavy atom. The van der Waals surface area contributed by atoms with Gasteiger partial charge < -0.3 is 15.0 Å². The van der Waals surface area contributed by atoms with Crippen molar-refractivity contribution in [2.24, 2.45) is 0 Å². The van der Waals surface area contributed by atoms with Crippen molar-refractivity contribution >= 4 is 21.7 Å². The molecule has 1 aromatic heterocycles. The monoisotopic (exact) mass is 337 g/mol. The smallest absolute Gasteiger partial charge is 0.267 e. The highest BCUT2D eigenvalue weighted by Crippen LogP contribution is 2.16. The van der Waals surface area contributed by atoms with E-state index in [1.54, 1.807) is 0 Å². The van der Waals surface area contributed by atoms with Gasteiger partial charge in [-0.25, -0.2) is 4.98 Å². The van der Waals surface area contributed by atoms with Gasteiger partial charge in [-0.05, 0) is 34.0 Å². The molecule has 5 nitrogen and oxygen atoms in total. The summed E-state index contributed by atoms with van der Waals surface area (Å²) < 4.78 is 5.85. The average molecular weight is 338 g/mol. The minimum atomic E-state index is -0.204. The first-order valence-electron chi connectivity index (χ1n) is 6.34. The number of nitrogens with zero attached hydrogens (tertiary/aromatic N) is 1. The highest BCUT2D eigenvalue weighted by atomic mass is 79.9. The first kappa shape index (κ1) is 14.7. The fourth-order valence-corrected chi connectivity index (χ4v) is 2.13. The van der Waals surface area contributed by atoms with E-state index in [0.29, 0.717) is 30.0 Å². The Kier molecular flexibility index (Phi) is 5.31. The van der Waals surface area contributed by atoms with Crippen LogP contribution in [0, 0.1) is 0 Å². The Morgan fingerprint density at radius 3 is 2.85 bits per heavy atom. The molecule has 0 bridgehead atoms. The van der Waals surface area contributed by atoms with Crippen molar-refractivity contribution in [1.82, 2.24) is 9.97 Å². The molecule has 0 atom stereocenters. The Balaban J connectivity index is 2.11. The van der Waals surface area contributed by atoms with Crippen LogP contribution < -0.4 is 10.9 Å². The molecule has 2 aromatic rings. The lowest BCUT2D eigenvalue weighted by Crippen LogP contribution is -2.12. The molecule has 20 heavy (non-hydrogen) atoms. The molecular formula is C14H16BrN3O2. The predicted octanol–water partition coefficient (Wildman–Crippen LogP) is 2.68. The molecule has 0 saturated heterocycles. The van der Waals surface area contributed by atoms with Crippen LogP contribution in [-0.2, 0) is 17.9 Å². The van der Waals surface area contributed by atoms with Gasteiger partial charge in [0.2, 0.25) is 0 Å². The largest absolute Gasteiger partial charge is 0.377 e. The molecule has 0 radical (unpaired) electrons. The lowest BCUT2D eigenvalue weighted by atomic mass is 10.1. The van der Waals surface area contributed by atoms with Gasteiger partial charge in [0.25, 0.3) is 5.56 Å². The van der Waals surface area contributed by atoms with Crippen LogP contribution in [0.4, 0.5) is 5.82 Å². The predicted molar refractivity (Wildman–Crippen MR) is 81.7 cm³/mol. The molecular weight excluding hydrogens is 322 g/mol. The zero-order valence-electron chi connectivity index (χ0n) is 11.1. The van der Waals surface area contributed by atoms with E-state index in [9.17, 15) is 4.79 Å². The Labute approximate surface area is 125 Å². The average Bonchev–Trinajstić information content (AvgIpc) is 2.47. The normalized spacial score (nSPS) is 10.5. The van der Waals surface area contributed by atoms with Crippen LogP contribution in [0.15, 0.2) is 39.9 Å². The summed E-state index contributed by atoms with van der Waals surface area (Å²) >= 11 is 3.22. The third-order valence-electron chi connectivity index (χ3n) is 2.82. The van der Waals surface area contributed by atoms with Crippen LogP contribution in [0.2, 0.25) is 0 Å². The summed E-state index contributed by atoms with van der Waals surface area (Å²) in [7, 11) is 0. The van der Waals surface area contributed by atoms with Gasteiger partial charge in [-0.15, -0.1) is 0 Å². The number of rotatable bonds is 6. The minimum Gasteiger partial charge on any atom is -0.377 e. The standard InChI is InChI=1S/C14H16BrN3O2/c1-2-20-8-11-6-4-3-5-10(11)7-16-13-12(15)14(19)18-9-17-13/h3-6,9H,2,7-8H2,1H3,(H2,16,17,18,19). The fourth-order valence-electron chi connectivity index (χ4n) is 1.77. The molecule has 0 unspecified atom stereocenters. The summed E-state index contributed by atoms with van der Waals surface area (Å²) in [6.07, 6.45) is 1.38. The Hall–Kier alpha value is -1.66. The summed E-state index contributed by atoms with van der Waals surface area (Å²) in [5.74, 6) is 0.528. The lowest BCUT2D eigenvalue weighted by molar-refractivity contribution is 0.133. The number of hydrogen-bond donors (Lipinski definition) is 2. The van der Waals surface area contributed by atoms with Gasteiger partial charge in [0, 0.05) is 13.2 Å². The van der Waals surface area contributed by atoms with E-state index in [1.165, 1.54) is 6.33 Å². The van der Waals surface area contributed by atoms with Crippen LogP contribution in [0.5, 0.6) is 0 Å². The van der Waals surface area contributed by atoms with Crippen molar-refractivity contribution in [2.45, 2.75) is 20.1 Å². The van der Waals surface area contributed by atoms with Gasteiger partial charge >= 0.3 is 0 Å². The van der Waals surface area contributed by atoms with Gasteiger partial charge in [0.1, 0.15) is 10.3 Å². The van der Waals surface area contributed by atoms with E-state index in [-0.39, 0.29) is 5.56 Å². The second kappa shape index (κ2) is 7.21. The number of ether oxygens (including phenoxy) is 1. The SMILES string of the molecule is CCOCc1ccccc1CNc1nc[nH]c(=O)c1Br. The van der Waals surface area contributed by atoms with Crippen molar-refractivity contribution in [3.8, 4) is 0 Å². The van der Waals surface area contributed by atoms with E-state index in [4.69, 9.17) is 4.74 Å². The maximum absolute atomic E-state index is 11.5. The quantitative estimate of drug-likeness (QED) is 0.850.